The van der Waals surface area contributed by atoms with Crippen LogP contribution in [0.15, 0.2) is 0 Å². The van der Waals surface area contributed by atoms with E-state index < -0.39 is 5.97 Å². The summed E-state index contributed by atoms with van der Waals surface area (Å²) < 4.78 is 1.69. The first-order chi connectivity index (χ1) is 7.70. The van der Waals surface area contributed by atoms with Gasteiger partial charge in [-0.3, -0.25) is 4.79 Å². The van der Waals surface area contributed by atoms with Gasteiger partial charge in [0.2, 0.25) is 0 Å². The smallest absolute Gasteiger partial charge is 0.305 e. The topological polar surface area (TPSA) is 80.9 Å². The first kappa shape index (κ1) is 11.0. The van der Waals surface area contributed by atoms with E-state index >= 15 is 0 Å². The molecule has 1 N–H and O–H groups in total. The van der Waals surface area contributed by atoms with Gasteiger partial charge in [-0.25, -0.2) is 4.68 Å². The van der Waals surface area contributed by atoms with Crippen LogP contribution in [0.5, 0.6) is 0 Å². The van der Waals surface area contributed by atoms with Crippen molar-refractivity contribution in [3.63, 3.8) is 0 Å². The van der Waals surface area contributed by atoms with Gasteiger partial charge in [0.05, 0.1) is 12.5 Å². The molecule has 1 unspecified atom stereocenters. The Hall–Kier alpha value is -1.46. The average Bonchev–Trinajstić information content (AvgIpc) is 2.92. The molecule has 0 radical (unpaired) electrons. The molecule has 0 aliphatic heterocycles. The minimum Gasteiger partial charge on any atom is -0.481 e. The molecule has 1 aliphatic rings. The summed E-state index contributed by atoms with van der Waals surface area (Å²) in [6.45, 7) is 1.95. The lowest BCUT2D eigenvalue weighted by Gasteiger charge is -2.13. The highest BCUT2D eigenvalue weighted by Crippen LogP contribution is 2.32. The van der Waals surface area contributed by atoms with Crippen molar-refractivity contribution < 1.29 is 9.90 Å². The standard InChI is InChI=1S/C10H16N4O2/c1-2-8(6-10(15)16)14-9(11-12-13-14)5-7-3-4-7/h7-8H,2-6H2,1H3,(H,15,16). The number of tetrazole rings is 1. The Morgan fingerprint density at radius 1 is 1.62 bits per heavy atom. The van der Waals surface area contributed by atoms with E-state index in [0.29, 0.717) is 5.92 Å². The highest BCUT2D eigenvalue weighted by atomic mass is 16.4. The third-order valence-electron chi connectivity index (χ3n) is 2.96. The number of aromatic nitrogens is 4. The van der Waals surface area contributed by atoms with Crippen molar-refractivity contribution in [1.82, 2.24) is 20.2 Å². The van der Waals surface area contributed by atoms with Gasteiger partial charge >= 0.3 is 5.97 Å². The summed E-state index contributed by atoms with van der Waals surface area (Å²) >= 11 is 0. The Balaban J connectivity index is 2.09. The summed E-state index contributed by atoms with van der Waals surface area (Å²) in [6, 6.07) is -0.124. The maximum Gasteiger partial charge on any atom is 0.305 e. The first-order valence-corrected chi connectivity index (χ1v) is 5.69. The van der Waals surface area contributed by atoms with Crippen LogP contribution in [-0.4, -0.2) is 31.3 Å². The second-order valence-corrected chi connectivity index (χ2v) is 4.35. The fourth-order valence-electron chi connectivity index (χ4n) is 1.82. The number of carbonyl (C=O) groups is 1. The van der Waals surface area contributed by atoms with E-state index in [1.165, 1.54) is 12.8 Å². The second kappa shape index (κ2) is 4.59. The predicted molar refractivity (Wildman–Crippen MR) is 55.8 cm³/mol. The van der Waals surface area contributed by atoms with E-state index in [1.807, 2.05) is 6.92 Å². The number of hydrogen-bond acceptors (Lipinski definition) is 4. The van der Waals surface area contributed by atoms with Crippen LogP contribution in [0, 0.1) is 5.92 Å². The molecule has 0 bridgehead atoms. The maximum absolute atomic E-state index is 10.7. The molecule has 6 nitrogen and oxygen atoms in total. The Bertz CT molecular complexity index is 373. The highest BCUT2D eigenvalue weighted by molar-refractivity contribution is 5.67. The van der Waals surface area contributed by atoms with E-state index in [4.69, 9.17) is 5.11 Å². The maximum atomic E-state index is 10.7. The van der Waals surface area contributed by atoms with Crippen molar-refractivity contribution in [3.8, 4) is 0 Å². The molecular formula is C10H16N4O2. The van der Waals surface area contributed by atoms with Crippen LogP contribution in [0.25, 0.3) is 0 Å². The first-order valence-electron chi connectivity index (χ1n) is 5.69. The van der Waals surface area contributed by atoms with Crippen molar-refractivity contribution in [1.29, 1.82) is 0 Å². The summed E-state index contributed by atoms with van der Waals surface area (Å²) in [4.78, 5) is 10.7. The molecule has 0 spiro atoms. The highest BCUT2D eigenvalue weighted by Gasteiger charge is 2.26. The molecule has 1 aromatic heterocycles. The van der Waals surface area contributed by atoms with Crippen LogP contribution < -0.4 is 0 Å². The van der Waals surface area contributed by atoms with Gasteiger partial charge in [-0.2, -0.15) is 0 Å². The minimum absolute atomic E-state index is 0.0825. The SMILES string of the molecule is CCC(CC(=O)O)n1nnnc1CC1CC1. The molecule has 1 fully saturated rings. The fourth-order valence-corrected chi connectivity index (χ4v) is 1.82. The largest absolute Gasteiger partial charge is 0.481 e. The summed E-state index contributed by atoms with van der Waals surface area (Å²) in [6.07, 6.45) is 4.17. The minimum atomic E-state index is -0.806. The third kappa shape index (κ3) is 2.56. The zero-order valence-electron chi connectivity index (χ0n) is 9.33. The van der Waals surface area contributed by atoms with Crippen molar-refractivity contribution in [2.24, 2.45) is 5.92 Å². The van der Waals surface area contributed by atoms with Crippen molar-refractivity contribution >= 4 is 5.97 Å². The summed E-state index contributed by atoms with van der Waals surface area (Å²) in [7, 11) is 0. The van der Waals surface area contributed by atoms with Crippen LogP contribution in [0.4, 0.5) is 0 Å². The van der Waals surface area contributed by atoms with Crippen LogP contribution in [-0.2, 0) is 11.2 Å². The fraction of sp³-hybridized carbons (Fsp3) is 0.800. The number of nitrogens with zero attached hydrogens (tertiary/aromatic N) is 4. The van der Waals surface area contributed by atoms with Crippen LogP contribution in [0.2, 0.25) is 0 Å². The molecule has 0 saturated heterocycles. The van der Waals surface area contributed by atoms with E-state index in [9.17, 15) is 4.79 Å². The average molecular weight is 224 g/mol. The quantitative estimate of drug-likeness (QED) is 0.781. The van der Waals surface area contributed by atoms with Gasteiger partial charge in [-0.1, -0.05) is 6.92 Å². The molecule has 6 heteroatoms. The van der Waals surface area contributed by atoms with Gasteiger partial charge in [0.1, 0.15) is 0 Å². The Labute approximate surface area is 93.6 Å². The summed E-state index contributed by atoms with van der Waals surface area (Å²) in [5.74, 6) is 0.724. The van der Waals surface area contributed by atoms with Gasteiger partial charge in [0.15, 0.2) is 5.82 Å². The molecule has 88 valence electrons. The van der Waals surface area contributed by atoms with E-state index in [1.54, 1.807) is 4.68 Å². The molecule has 1 heterocycles. The third-order valence-corrected chi connectivity index (χ3v) is 2.96. The Kier molecular flexibility index (Phi) is 3.17. The zero-order chi connectivity index (χ0) is 11.5. The van der Waals surface area contributed by atoms with Crippen molar-refractivity contribution in [3.05, 3.63) is 5.82 Å². The van der Waals surface area contributed by atoms with E-state index in [2.05, 4.69) is 15.5 Å². The molecular weight excluding hydrogens is 208 g/mol. The number of rotatable bonds is 6. The Morgan fingerprint density at radius 3 is 2.94 bits per heavy atom. The molecule has 1 atom stereocenters. The van der Waals surface area contributed by atoms with Gasteiger partial charge in [0.25, 0.3) is 0 Å². The van der Waals surface area contributed by atoms with Gasteiger partial charge in [-0.15, -0.1) is 5.10 Å². The second-order valence-electron chi connectivity index (χ2n) is 4.35. The van der Waals surface area contributed by atoms with Gasteiger partial charge in [0, 0.05) is 6.42 Å². The normalized spacial score (nSPS) is 17.3. The molecule has 1 aliphatic carbocycles. The Morgan fingerprint density at radius 2 is 2.38 bits per heavy atom. The summed E-state index contributed by atoms with van der Waals surface area (Å²) in [5, 5.41) is 20.4. The zero-order valence-corrected chi connectivity index (χ0v) is 9.33. The monoisotopic (exact) mass is 224 g/mol. The lowest BCUT2D eigenvalue weighted by Crippen LogP contribution is -2.17. The molecule has 0 amide bonds. The molecule has 2 rings (SSSR count). The predicted octanol–water partition coefficient (Wildman–Crippen LogP) is 1.05. The molecule has 0 aromatic carbocycles. The molecule has 1 aromatic rings. The number of carboxylic acid groups (broad SMARTS) is 1. The van der Waals surface area contributed by atoms with Crippen LogP contribution in [0.1, 0.15) is 44.5 Å². The van der Waals surface area contributed by atoms with Crippen LogP contribution >= 0.6 is 0 Å². The van der Waals surface area contributed by atoms with Crippen molar-refractivity contribution in [2.75, 3.05) is 0 Å². The van der Waals surface area contributed by atoms with Gasteiger partial charge < -0.3 is 5.11 Å². The lowest BCUT2D eigenvalue weighted by atomic mass is 10.1. The van der Waals surface area contributed by atoms with Crippen molar-refractivity contribution in [2.45, 2.75) is 45.1 Å². The lowest BCUT2D eigenvalue weighted by molar-refractivity contribution is -0.138. The van der Waals surface area contributed by atoms with Gasteiger partial charge in [-0.05, 0) is 35.6 Å². The number of hydrogen-bond donors (Lipinski definition) is 1. The number of aliphatic carboxylic acids is 1. The van der Waals surface area contributed by atoms with E-state index in [-0.39, 0.29) is 12.5 Å². The molecule has 16 heavy (non-hydrogen) atoms. The molecule has 1 saturated carbocycles. The van der Waals surface area contributed by atoms with E-state index in [0.717, 1.165) is 18.7 Å². The number of carboxylic acids is 1. The summed E-state index contributed by atoms with van der Waals surface area (Å²) in [5.41, 5.74) is 0. The van der Waals surface area contributed by atoms with Crippen LogP contribution in [0.3, 0.4) is 0 Å².